The normalized spacial score (nSPS) is 37.3. The maximum Gasteiger partial charge on any atom is 0.238 e. The highest BCUT2D eigenvalue weighted by molar-refractivity contribution is 5.83. The summed E-state index contributed by atoms with van der Waals surface area (Å²) in [5.74, 6) is 1.21. The van der Waals surface area contributed by atoms with E-state index in [4.69, 9.17) is 0 Å². The number of aliphatic hydroxyl groups is 1. The van der Waals surface area contributed by atoms with Gasteiger partial charge in [0, 0.05) is 6.42 Å². The second kappa shape index (κ2) is 5.11. The highest BCUT2D eigenvalue weighted by atomic mass is 16.3. The van der Waals surface area contributed by atoms with Crippen LogP contribution in [-0.4, -0.2) is 29.7 Å². The van der Waals surface area contributed by atoms with Crippen LogP contribution in [0.4, 0.5) is 0 Å². The number of nitrogens with one attached hydrogen (secondary N) is 2. The average molecular weight is 286 g/mol. The van der Waals surface area contributed by atoms with Crippen molar-refractivity contribution in [1.29, 1.82) is 0 Å². The summed E-state index contributed by atoms with van der Waals surface area (Å²) in [6, 6.07) is 7.67. The molecular weight excluding hydrogens is 264 g/mol. The highest BCUT2D eigenvalue weighted by Gasteiger charge is 2.43. The lowest BCUT2D eigenvalue weighted by atomic mass is 9.93. The summed E-state index contributed by atoms with van der Waals surface area (Å²) in [4.78, 5) is 12.6. The van der Waals surface area contributed by atoms with Crippen LogP contribution in [0.5, 0.6) is 0 Å². The van der Waals surface area contributed by atoms with E-state index in [-0.39, 0.29) is 18.0 Å². The number of hydrogen-bond donors (Lipinski definition) is 3. The molecule has 0 spiro atoms. The number of rotatable bonds is 2. The Hall–Kier alpha value is -1.39. The molecule has 1 saturated heterocycles. The smallest absolute Gasteiger partial charge is 0.238 e. The Morgan fingerprint density at radius 2 is 2.14 bits per heavy atom. The van der Waals surface area contributed by atoms with E-state index in [2.05, 4.69) is 10.6 Å². The van der Waals surface area contributed by atoms with Gasteiger partial charge in [-0.1, -0.05) is 30.7 Å². The zero-order valence-electron chi connectivity index (χ0n) is 12.1. The van der Waals surface area contributed by atoms with E-state index in [0.29, 0.717) is 18.3 Å². The number of benzene rings is 1. The van der Waals surface area contributed by atoms with Gasteiger partial charge in [-0.3, -0.25) is 4.79 Å². The van der Waals surface area contributed by atoms with Crippen LogP contribution in [-0.2, 0) is 11.2 Å². The fraction of sp³-hybridized carbons (Fsp3) is 0.588. The number of carbonyl (C=O) groups is 1. The standard InChI is InChI=1S/C17H22N2O2/c20-14-8-10-4-1-2-6-12(10)15(14)19-17(21)16-13-7-3-5-11(13)9-18-16/h1-2,4,6,11,13-16,18,20H,3,5,7-9H2,(H,19,21)/t11?,13?,14-,15+,16?/m0/s1. The molecule has 0 bridgehead atoms. The van der Waals surface area contributed by atoms with Crippen molar-refractivity contribution >= 4 is 5.91 Å². The maximum absolute atomic E-state index is 12.6. The Kier molecular flexibility index (Phi) is 3.23. The molecule has 1 aliphatic heterocycles. The largest absolute Gasteiger partial charge is 0.390 e. The molecule has 1 saturated carbocycles. The van der Waals surface area contributed by atoms with E-state index < -0.39 is 6.10 Å². The van der Waals surface area contributed by atoms with Gasteiger partial charge in [-0.05, 0) is 42.3 Å². The number of hydrogen-bond acceptors (Lipinski definition) is 3. The summed E-state index contributed by atoms with van der Waals surface area (Å²) >= 11 is 0. The molecule has 2 fully saturated rings. The number of amides is 1. The van der Waals surface area contributed by atoms with Gasteiger partial charge in [0.25, 0.3) is 0 Å². The topological polar surface area (TPSA) is 61.4 Å². The van der Waals surface area contributed by atoms with Crippen LogP contribution in [0.1, 0.15) is 36.4 Å². The quantitative estimate of drug-likeness (QED) is 0.764. The fourth-order valence-corrected chi connectivity index (χ4v) is 4.47. The molecule has 4 heteroatoms. The summed E-state index contributed by atoms with van der Waals surface area (Å²) in [5, 5.41) is 16.7. The van der Waals surface area contributed by atoms with Gasteiger partial charge in [0.2, 0.25) is 5.91 Å². The van der Waals surface area contributed by atoms with E-state index in [1.165, 1.54) is 12.8 Å². The lowest BCUT2D eigenvalue weighted by Gasteiger charge is -2.23. The van der Waals surface area contributed by atoms with Gasteiger partial charge in [0.1, 0.15) is 0 Å². The van der Waals surface area contributed by atoms with Crippen molar-refractivity contribution in [2.24, 2.45) is 11.8 Å². The van der Waals surface area contributed by atoms with Crippen LogP contribution < -0.4 is 10.6 Å². The molecule has 1 amide bonds. The molecule has 1 aromatic carbocycles. The Morgan fingerprint density at radius 3 is 3.05 bits per heavy atom. The lowest BCUT2D eigenvalue weighted by Crippen LogP contribution is -2.46. The number of fused-ring (bicyclic) bond motifs is 2. The summed E-state index contributed by atoms with van der Waals surface area (Å²) < 4.78 is 0. The van der Waals surface area contributed by atoms with Crippen LogP contribution in [0, 0.1) is 11.8 Å². The first kappa shape index (κ1) is 13.3. The van der Waals surface area contributed by atoms with Crippen molar-refractivity contribution in [3.63, 3.8) is 0 Å². The fourth-order valence-electron chi connectivity index (χ4n) is 4.47. The minimum Gasteiger partial charge on any atom is -0.390 e. The van der Waals surface area contributed by atoms with E-state index in [1.54, 1.807) is 0 Å². The number of aliphatic hydroxyl groups excluding tert-OH is 1. The predicted octanol–water partition coefficient (Wildman–Crippen LogP) is 1.15. The second-order valence-corrected chi connectivity index (χ2v) is 6.70. The molecule has 112 valence electrons. The van der Waals surface area contributed by atoms with Crippen LogP contribution in [0.25, 0.3) is 0 Å². The van der Waals surface area contributed by atoms with Gasteiger partial charge in [-0.25, -0.2) is 0 Å². The predicted molar refractivity (Wildman–Crippen MR) is 79.7 cm³/mol. The third-order valence-electron chi connectivity index (χ3n) is 5.53. The molecule has 1 aromatic rings. The van der Waals surface area contributed by atoms with Crippen molar-refractivity contribution in [3.8, 4) is 0 Å². The molecule has 21 heavy (non-hydrogen) atoms. The maximum atomic E-state index is 12.6. The first-order chi connectivity index (χ1) is 10.2. The molecule has 3 unspecified atom stereocenters. The monoisotopic (exact) mass is 286 g/mol. The van der Waals surface area contributed by atoms with Crippen LogP contribution >= 0.6 is 0 Å². The SMILES string of the molecule is O=C(N[C@@H]1c2ccccc2C[C@@H]1O)C1NCC2CCCC21. The third kappa shape index (κ3) is 2.17. The summed E-state index contributed by atoms with van der Waals surface area (Å²) in [6.45, 7) is 0.965. The zero-order valence-corrected chi connectivity index (χ0v) is 12.1. The minimum absolute atomic E-state index is 0.0603. The average Bonchev–Trinajstić information content (AvgIpc) is 3.14. The Balaban J connectivity index is 1.50. The molecule has 4 rings (SSSR count). The number of carbonyl (C=O) groups excluding carboxylic acids is 1. The second-order valence-electron chi connectivity index (χ2n) is 6.70. The van der Waals surface area contributed by atoms with E-state index in [1.807, 2.05) is 24.3 Å². The molecule has 3 N–H and O–H groups in total. The first-order valence-electron chi connectivity index (χ1n) is 8.03. The molecule has 3 aliphatic rings. The first-order valence-corrected chi connectivity index (χ1v) is 8.03. The Morgan fingerprint density at radius 1 is 1.29 bits per heavy atom. The van der Waals surface area contributed by atoms with Gasteiger partial charge in [-0.15, -0.1) is 0 Å². The van der Waals surface area contributed by atoms with Crippen molar-refractivity contribution in [2.75, 3.05) is 6.54 Å². The molecule has 2 aliphatic carbocycles. The van der Waals surface area contributed by atoms with Gasteiger partial charge in [-0.2, -0.15) is 0 Å². The van der Waals surface area contributed by atoms with E-state index in [0.717, 1.165) is 24.1 Å². The molecule has 0 radical (unpaired) electrons. The van der Waals surface area contributed by atoms with Crippen molar-refractivity contribution < 1.29 is 9.90 Å². The molecule has 5 atom stereocenters. The minimum atomic E-state index is -0.507. The van der Waals surface area contributed by atoms with Crippen molar-refractivity contribution in [1.82, 2.24) is 10.6 Å². The van der Waals surface area contributed by atoms with Crippen LogP contribution in [0.15, 0.2) is 24.3 Å². The van der Waals surface area contributed by atoms with Crippen LogP contribution in [0.3, 0.4) is 0 Å². The third-order valence-corrected chi connectivity index (χ3v) is 5.53. The summed E-state index contributed by atoms with van der Waals surface area (Å²) in [7, 11) is 0. The zero-order chi connectivity index (χ0) is 14.4. The van der Waals surface area contributed by atoms with E-state index in [9.17, 15) is 9.90 Å². The Labute approximate surface area is 124 Å². The molecule has 1 heterocycles. The van der Waals surface area contributed by atoms with Gasteiger partial charge < -0.3 is 15.7 Å². The summed E-state index contributed by atoms with van der Waals surface area (Å²) in [6.07, 6.45) is 3.77. The van der Waals surface area contributed by atoms with Crippen molar-refractivity contribution in [2.45, 2.75) is 43.9 Å². The van der Waals surface area contributed by atoms with Crippen LogP contribution in [0.2, 0.25) is 0 Å². The molecular formula is C17H22N2O2. The highest BCUT2D eigenvalue weighted by Crippen LogP contribution is 2.38. The molecule has 4 nitrogen and oxygen atoms in total. The lowest BCUT2D eigenvalue weighted by molar-refractivity contribution is -0.125. The van der Waals surface area contributed by atoms with Gasteiger partial charge >= 0.3 is 0 Å². The van der Waals surface area contributed by atoms with E-state index >= 15 is 0 Å². The van der Waals surface area contributed by atoms with Gasteiger partial charge in [0.15, 0.2) is 0 Å². The summed E-state index contributed by atoms with van der Waals surface area (Å²) in [5.41, 5.74) is 2.22. The van der Waals surface area contributed by atoms with Gasteiger partial charge in [0.05, 0.1) is 18.2 Å². The Bertz CT molecular complexity index is 559. The molecule has 0 aromatic heterocycles. The van der Waals surface area contributed by atoms with Crippen molar-refractivity contribution in [3.05, 3.63) is 35.4 Å².